The number of carboxylic acid groups (broad SMARTS) is 1. The summed E-state index contributed by atoms with van der Waals surface area (Å²) < 4.78 is 14.3. The number of hydrogen-bond donors (Lipinski definition) is 1. The normalized spacial score (nSPS) is 20.5. The summed E-state index contributed by atoms with van der Waals surface area (Å²) in [5.74, 6) is -0.707. The SMILES string of the molecule is Cc1ccc([C@@H](C(=O)O)N2CCC(CCN3CCCC3=O)CC2)c(F)c1. The van der Waals surface area contributed by atoms with Gasteiger partial charge in [0.25, 0.3) is 0 Å². The molecule has 0 aliphatic carbocycles. The van der Waals surface area contributed by atoms with E-state index in [1.807, 2.05) is 9.80 Å². The van der Waals surface area contributed by atoms with Gasteiger partial charge in [-0.3, -0.25) is 14.5 Å². The van der Waals surface area contributed by atoms with Crippen molar-refractivity contribution in [1.29, 1.82) is 0 Å². The fourth-order valence-corrected chi connectivity index (χ4v) is 4.12. The first-order chi connectivity index (χ1) is 12.5. The van der Waals surface area contributed by atoms with E-state index in [1.54, 1.807) is 19.1 Å². The molecule has 6 heteroatoms. The quantitative estimate of drug-likeness (QED) is 0.845. The highest BCUT2D eigenvalue weighted by Crippen LogP contribution is 2.30. The summed E-state index contributed by atoms with van der Waals surface area (Å²) in [6.07, 6.45) is 4.37. The average Bonchev–Trinajstić information content (AvgIpc) is 3.01. The maximum atomic E-state index is 14.3. The van der Waals surface area contributed by atoms with Crippen molar-refractivity contribution in [2.75, 3.05) is 26.2 Å². The van der Waals surface area contributed by atoms with Gasteiger partial charge in [-0.25, -0.2) is 4.39 Å². The molecule has 142 valence electrons. The summed E-state index contributed by atoms with van der Waals surface area (Å²) in [4.78, 5) is 27.3. The number of hydrogen-bond acceptors (Lipinski definition) is 3. The highest BCUT2D eigenvalue weighted by atomic mass is 19.1. The molecule has 2 aliphatic heterocycles. The third kappa shape index (κ3) is 4.23. The van der Waals surface area contributed by atoms with Gasteiger partial charge in [0.05, 0.1) is 0 Å². The van der Waals surface area contributed by atoms with Crippen molar-refractivity contribution in [1.82, 2.24) is 9.80 Å². The molecule has 2 fully saturated rings. The smallest absolute Gasteiger partial charge is 0.325 e. The van der Waals surface area contributed by atoms with Crippen LogP contribution in [0.25, 0.3) is 0 Å². The van der Waals surface area contributed by atoms with Crippen LogP contribution in [-0.4, -0.2) is 53.0 Å². The molecule has 5 nitrogen and oxygen atoms in total. The van der Waals surface area contributed by atoms with Crippen molar-refractivity contribution in [3.8, 4) is 0 Å². The average molecular weight is 362 g/mol. The molecule has 1 N–H and O–H groups in total. The fourth-order valence-electron chi connectivity index (χ4n) is 4.12. The minimum atomic E-state index is -1.01. The Morgan fingerprint density at radius 1 is 1.31 bits per heavy atom. The molecule has 0 unspecified atom stereocenters. The van der Waals surface area contributed by atoms with Crippen LogP contribution in [0.2, 0.25) is 0 Å². The van der Waals surface area contributed by atoms with Gasteiger partial charge in [0.2, 0.25) is 5.91 Å². The van der Waals surface area contributed by atoms with Gasteiger partial charge in [0.1, 0.15) is 11.9 Å². The van der Waals surface area contributed by atoms with E-state index in [1.165, 1.54) is 6.07 Å². The van der Waals surface area contributed by atoms with Gasteiger partial charge in [-0.2, -0.15) is 0 Å². The van der Waals surface area contributed by atoms with E-state index in [4.69, 9.17) is 0 Å². The summed E-state index contributed by atoms with van der Waals surface area (Å²) in [5, 5.41) is 9.66. The van der Waals surface area contributed by atoms with Gasteiger partial charge < -0.3 is 10.0 Å². The maximum absolute atomic E-state index is 14.3. The van der Waals surface area contributed by atoms with Crippen LogP contribution in [0.3, 0.4) is 0 Å². The first-order valence-corrected chi connectivity index (χ1v) is 9.46. The van der Waals surface area contributed by atoms with Crippen molar-refractivity contribution < 1.29 is 19.1 Å². The molecule has 0 saturated carbocycles. The lowest BCUT2D eigenvalue weighted by Crippen LogP contribution is -2.41. The molecule has 3 rings (SSSR count). The number of aryl methyl sites for hydroxylation is 1. The Hall–Kier alpha value is -1.95. The number of carbonyl (C=O) groups is 2. The van der Waals surface area contributed by atoms with E-state index in [-0.39, 0.29) is 11.5 Å². The van der Waals surface area contributed by atoms with Crippen molar-refractivity contribution in [3.05, 3.63) is 35.1 Å². The van der Waals surface area contributed by atoms with Gasteiger partial charge in [0, 0.05) is 25.1 Å². The lowest BCUT2D eigenvalue weighted by atomic mass is 9.91. The number of carbonyl (C=O) groups excluding carboxylic acids is 1. The molecule has 26 heavy (non-hydrogen) atoms. The van der Waals surface area contributed by atoms with Crippen LogP contribution in [0.4, 0.5) is 4.39 Å². The van der Waals surface area contributed by atoms with Crippen LogP contribution in [0.15, 0.2) is 18.2 Å². The number of benzene rings is 1. The molecule has 0 spiro atoms. The summed E-state index contributed by atoms with van der Waals surface area (Å²) in [6.45, 7) is 4.74. The van der Waals surface area contributed by atoms with Crippen LogP contribution in [0.5, 0.6) is 0 Å². The monoisotopic (exact) mass is 362 g/mol. The molecular formula is C20H27FN2O3. The molecular weight excluding hydrogens is 335 g/mol. The maximum Gasteiger partial charge on any atom is 0.325 e. The number of amides is 1. The molecule has 2 aliphatic rings. The zero-order valence-corrected chi connectivity index (χ0v) is 15.3. The first-order valence-electron chi connectivity index (χ1n) is 9.46. The fraction of sp³-hybridized carbons (Fsp3) is 0.600. The minimum absolute atomic E-state index is 0.240. The van der Waals surface area contributed by atoms with Crippen molar-refractivity contribution >= 4 is 11.9 Å². The van der Waals surface area contributed by atoms with Crippen LogP contribution in [0, 0.1) is 18.7 Å². The predicted molar refractivity (Wildman–Crippen MR) is 96.2 cm³/mol. The molecule has 0 aromatic heterocycles. The molecule has 1 amide bonds. The Morgan fingerprint density at radius 2 is 2.04 bits per heavy atom. The molecule has 0 radical (unpaired) electrons. The Bertz CT molecular complexity index is 671. The molecule has 1 atom stereocenters. The van der Waals surface area contributed by atoms with E-state index in [0.29, 0.717) is 25.4 Å². The summed E-state index contributed by atoms with van der Waals surface area (Å²) in [6, 6.07) is 3.81. The lowest BCUT2D eigenvalue weighted by molar-refractivity contribution is -0.144. The van der Waals surface area contributed by atoms with Crippen molar-refractivity contribution in [2.45, 2.75) is 45.1 Å². The van der Waals surface area contributed by atoms with Gasteiger partial charge in [0.15, 0.2) is 0 Å². The molecule has 1 aromatic rings. The topological polar surface area (TPSA) is 60.9 Å². The van der Waals surface area contributed by atoms with Crippen LogP contribution in [0.1, 0.15) is 49.3 Å². The predicted octanol–water partition coefficient (Wildman–Crippen LogP) is 2.98. The number of nitrogens with zero attached hydrogens (tertiary/aromatic N) is 2. The number of aliphatic carboxylic acids is 1. The Morgan fingerprint density at radius 3 is 2.62 bits per heavy atom. The number of piperidine rings is 1. The molecule has 1 aromatic carbocycles. The van der Waals surface area contributed by atoms with Crippen molar-refractivity contribution in [3.63, 3.8) is 0 Å². The second-order valence-electron chi connectivity index (χ2n) is 7.52. The van der Waals surface area contributed by atoms with Gasteiger partial charge in [-0.05, 0) is 63.2 Å². The highest BCUT2D eigenvalue weighted by molar-refractivity contribution is 5.78. The van der Waals surface area contributed by atoms with Crippen LogP contribution in [-0.2, 0) is 9.59 Å². The van der Waals surface area contributed by atoms with E-state index < -0.39 is 17.8 Å². The Labute approximate surface area is 153 Å². The third-order valence-corrected chi connectivity index (χ3v) is 5.68. The first kappa shape index (κ1) is 18.8. The Kier molecular flexibility index (Phi) is 5.91. The zero-order chi connectivity index (χ0) is 18.7. The number of carboxylic acids is 1. The van der Waals surface area contributed by atoms with Gasteiger partial charge in [-0.15, -0.1) is 0 Å². The number of likely N-dealkylation sites (tertiary alicyclic amines) is 2. The third-order valence-electron chi connectivity index (χ3n) is 5.68. The number of rotatable bonds is 6. The van der Waals surface area contributed by atoms with E-state index in [2.05, 4.69) is 0 Å². The Balaban J connectivity index is 1.58. The van der Waals surface area contributed by atoms with Crippen molar-refractivity contribution in [2.24, 2.45) is 5.92 Å². The molecule has 2 saturated heterocycles. The molecule has 2 heterocycles. The standard InChI is InChI=1S/C20H27FN2O3/c1-14-4-5-16(17(21)13-14)19(20(25)26)23-11-7-15(8-12-23)6-10-22-9-2-3-18(22)24/h4-5,13,15,19H,2-3,6-12H2,1H3,(H,25,26)/t19-/m0/s1. The van der Waals surface area contributed by atoms with Gasteiger partial charge >= 0.3 is 5.97 Å². The minimum Gasteiger partial charge on any atom is -0.480 e. The lowest BCUT2D eigenvalue weighted by Gasteiger charge is -2.36. The highest BCUT2D eigenvalue weighted by Gasteiger charge is 2.33. The molecule has 0 bridgehead atoms. The largest absolute Gasteiger partial charge is 0.480 e. The van der Waals surface area contributed by atoms with Gasteiger partial charge in [-0.1, -0.05) is 12.1 Å². The van der Waals surface area contributed by atoms with Crippen LogP contribution >= 0.6 is 0 Å². The summed E-state index contributed by atoms with van der Waals surface area (Å²) >= 11 is 0. The summed E-state index contributed by atoms with van der Waals surface area (Å²) in [7, 11) is 0. The van der Waals surface area contributed by atoms with Crippen LogP contribution < -0.4 is 0 Å². The van der Waals surface area contributed by atoms with E-state index in [0.717, 1.165) is 44.3 Å². The second kappa shape index (κ2) is 8.16. The zero-order valence-electron chi connectivity index (χ0n) is 15.3. The van der Waals surface area contributed by atoms with E-state index in [9.17, 15) is 19.1 Å². The van der Waals surface area contributed by atoms with E-state index >= 15 is 0 Å². The number of halogens is 1. The second-order valence-corrected chi connectivity index (χ2v) is 7.52. The summed E-state index contributed by atoms with van der Waals surface area (Å²) in [5.41, 5.74) is 1.02.